The van der Waals surface area contributed by atoms with Gasteiger partial charge in [-0.2, -0.15) is 0 Å². The van der Waals surface area contributed by atoms with E-state index in [-0.39, 0.29) is 17.5 Å². The lowest BCUT2D eigenvalue weighted by molar-refractivity contribution is 0.0735. The molecule has 0 saturated heterocycles. The summed E-state index contributed by atoms with van der Waals surface area (Å²) in [6.07, 6.45) is 4.97. The van der Waals surface area contributed by atoms with E-state index in [1.165, 1.54) is 37.0 Å². The molecule has 1 aromatic carbocycles. The monoisotopic (exact) mass is 425 g/mol. The fourth-order valence-electron chi connectivity index (χ4n) is 3.15. The molecule has 1 aliphatic heterocycles. The van der Waals surface area contributed by atoms with Gasteiger partial charge in [-0.25, -0.2) is 9.97 Å². The first-order chi connectivity index (χ1) is 14.6. The summed E-state index contributed by atoms with van der Waals surface area (Å²) >= 11 is 1.36. The molecule has 0 aliphatic carbocycles. The summed E-state index contributed by atoms with van der Waals surface area (Å²) in [5.74, 6) is 0.612. The van der Waals surface area contributed by atoms with Crippen LogP contribution in [0.2, 0.25) is 0 Å². The summed E-state index contributed by atoms with van der Waals surface area (Å²) < 4.78 is 10.5. The number of anilines is 1. The molecule has 2 amide bonds. The Morgan fingerprint density at radius 1 is 1.17 bits per heavy atom. The SMILES string of the molecule is COc1ccc(C(=O)N2CCc3nc(NC(=O)c4cnccn4)sc3C2)cc1OC. The maximum atomic E-state index is 13.0. The second-order valence-corrected chi connectivity index (χ2v) is 7.56. The first-order valence-corrected chi connectivity index (χ1v) is 9.98. The van der Waals surface area contributed by atoms with Crippen molar-refractivity contribution in [2.24, 2.45) is 0 Å². The molecule has 1 N–H and O–H groups in total. The van der Waals surface area contributed by atoms with Crippen LogP contribution in [-0.4, -0.2) is 52.4 Å². The predicted molar refractivity (Wildman–Crippen MR) is 110 cm³/mol. The van der Waals surface area contributed by atoms with E-state index in [0.29, 0.717) is 41.7 Å². The van der Waals surface area contributed by atoms with Gasteiger partial charge in [0, 0.05) is 35.8 Å². The smallest absolute Gasteiger partial charge is 0.277 e. The van der Waals surface area contributed by atoms with Gasteiger partial charge in [-0.15, -0.1) is 0 Å². The maximum Gasteiger partial charge on any atom is 0.277 e. The molecule has 2 aromatic heterocycles. The lowest BCUT2D eigenvalue weighted by atomic mass is 10.1. The Morgan fingerprint density at radius 2 is 2.00 bits per heavy atom. The zero-order valence-electron chi connectivity index (χ0n) is 16.4. The number of thiazole rings is 1. The lowest BCUT2D eigenvalue weighted by Crippen LogP contribution is -2.35. The molecule has 30 heavy (non-hydrogen) atoms. The van der Waals surface area contributed by atoms with Crippen LogP contribution in [0, 0.1) is 0 Å². The highest BCUT2D eigenvalue weighted by atomic mass is 32.1. The maximum absolute atomic E-state index is 13.0. The summed E-state index contributed by atoms with van der Waals surface area (Å²) in [4.78, 5) is 40.3. The van der Waals surface area contributed by atoms with Crippen LogP contribution in [0.3, 0.4) is 0 Å². The zero-order chi connectivity index (χ0) is 21.1. The van der Waals surface area contributed by atoms with Crippen LogP contribution in [0.5, 0.6) is 11.5 Å². The van der Waals surface area contributed by atoms with Gasteiger partial charge in [0.2, 0.25) is 0 Å². The number of methoxy groups -OCH3 is 2. The number of carbonyl (C=O) groups excluding carboxylic acids is 2. The number of fused-ring (bicyclic) bond motifs is 1. The third-order valence-corrected chi connectivity index (χ3v) is 5.66. The first-order valence-electron chi connectivity index (χ1n) is 9.16. The molecule has 154 valence electrons. The van der Waals surface area contributed by atoms with E-state index >= 15 is 0 Å². The summed E-state index contributed by atoms with van der Waals surface area (Å²) in [6, 6.07) is 5.11. The van der Waals surface area contributed by atoms with E-state index < -0.39 is 0 Å². The number of amides is 2. The third-order valence-electron chi connectivity index (χ3n) is 4.67. The molecule has 0 spiro atoms. The van der Waals surface area contributed by atoms with Gasteiger partial charge in [0.1, 0.15) is 5.69 Å². The van der Waals surface area contributed by atoms with Gasteiger partial charge < -0.3 is 14.4 Å². The summed E-state index contributed by atoms with van der Waals surface area (Å²) in [5.41, 5.74) is 1.64. The molecule has 0 bridgehead atoms. The van der Waals surface area contributed by atoms with Crippen LogP contribution < -0.4 is 14.8 Å². The Labute approximate surface area is 176 Å². The molecular weight excluding hydrogens is 406 g/mol. The van der Waals surface area contributed by atoms with E-state index in [1.807, 2.05) is 0 Å². The van der Waals surface area contributed by atoms with Gasteiger partial charge in [0.25, 0.3) is 11.8 Å². The van der Waals surface area contributed by atoms with Crippen molar-refractivity contribution in [2.75, 3.05) is 26.1 Å². The van der Waals surface area contributed by atoms with Gasteiger partial charge in [-0.3, -0.25) is 19.9 Å². The van der Waals surface area contributed by atoms with Crippen LogP contribution in [0.1, 0.15) is 31.4 Å². The predicted octanol–water partition coefficient (Wildman–Crippen LogP) is 2.40. The Balaban J connectivity index is 1.47. The number of carbonyl (C=O) groups is 2. The number of nitrogens with one attached hydrogen (secondary N) is 1. The highest BCUT2D eigenvalue weighted by Crippen LogP contribution is 2.31. The van der Waals surface area contributed by atoms with Crippen molar-refractivity contribution >= 4 is 28.3 Å². The second-order valence-electron chi connectivity index (χ2n) is 6.48. The number of ether oxygens (including phenoxy) is 2. The Hall–Kier alpha value is -3.53. The molecule has 10 heteroatoms. The minimum Gasteiger partial charge on any atom is -0.493 e. The summed E-state index contributed by atoms with van der Waals surface area (Å²) in [7, 11) is 3.09. The molecular formula is C20H19N5O4S. The average molecular weight is 425 g/mol. The molecule has 9 nitrogen and oxygen atoms in total. The van der Waals surface area contributed by atoms with Crippen LogP contribution >= 0.6 is 11.3 Å². The number of rotatable bonds is 5. The van der Waals surface area contributed by atoms with Crippen molar-refractivity contribution in [1.29, 1.82) is 0 Å². The Bertz CT molecular complexity index is 1090. The van der Waals surface area contributed by atoms with E-state index in [0.717, 1.165) is 10.6 Å². The van der Waals surface area contributed by atoms with Gasteiger partial charge in [0.05, 0.1) is 32.7 Å². The second kappa shape index (κ2) is 8.46. The molecule has 3 heterocycles. The highest BCUT2D eigenvalue weighted by molar-refractivity contribution is 7.15. The van der Waals surface area contributed by atoms with E-state index in [9.17, 15) is 9.59 Å². The van der Waals surface area contributed by atoms with E-state index in [1.54, 1.807) is 30.2 Å². The van der Waals surface area contributed by atoms with E-state index in [4.69, 9.17) is 9.47 Å². The number of hydrogen-bond acceptors (Lipinski definition) is 8. The van der Waals surface area contributed by atoms with Crippen LogP contribution in [0.4, 0.5) is 5.13 Å². The highest BCUT2D eigenvalue weighted by Gasteiger charge is 2.26. The van der Waals surface area contributed by atoms with Crippen molar-refractivity contribution < 1.29 is 19.1 Å². The lowest BCUT2D eigenvalue weighted by Gasteiger charge is -2.26. The molecule has 3 aromatic rings. The number of hydrogen-bond donors (Lipinski definition) is 1. The van der Waals surface area contributed by atoms with Gasteiger partial charge >= 0.3 is 0 Å². The summed E-state index contributed by atoms with van der Waals surface area (Å²) in [6.45, 7) is 0.975. The quantitative estimate of drug-likeness (QED) is 0.669. The van der Waals surface area contributed by atoms with Gasteiger partial charge in [-0.1, -0.05) is 11.3 Å². The molecule has 0 saturated carbocycles. The third kappa shape index (κ3) is 3.94. The Kier molecular flexibility index (Phi) is 5.57. The van der Waals surface area contributed by atoms with E-state index in [2.05, 4.69) is 20.3 Å². The minimum atomic E-state index is -0.368. The van der Waals surface area contributed by atoms with Crippen molar-refractivity contribution in [3.8, 4) is 11.5 Å². The van der Waals surface area contributed by atoms with Crippen molar-refractivity contribution in [3.05, 3.63) is 58.6 Å². The first kappa shape index (κ1) is 19.8. The molecule has 1 aliphatic rings. The fraction of sp³-hybridized carbons (Fsp3) is 0.250. The van der Waals surface area contributed by atoms with Gasteiger partial charge in [-0.05, 0) is 18.2 Å². The van der Waals surface area contributed by atoms with Crippen molar-refractivity contribution in [2.45, 2.75) is 13.0 Å². The molecule has 0 radical (unpaired) electrons. The molecule has 4 rings (SSSR count). The number of benzene rings is 1. The number of nitrogens with zero attached hydrogens (tertiary/aromatic N) is 4. The zero-order valence-corrected chi connectivity index (χ0v) is 17.2. The summed E-state index contributed by atoms with van der Waals surface area (Å²) in [5, 5.41) is 3.23. The average Bonchev–Trinajstić information content (AvgIpc) is 3.20. The molecule has 0 fully saturated rings. The Morgan fingerprint density at radius 3 is 2.73 bits per heavy atom. The minimum absolute atomic E-state index is 0.0971. The van der Waals surface area contributed by atoms with Crippen LogP contribution in [-0.2, 0) is 13.0 Å². The van der Waals surface area contributed by atoms with Crippen LogP contribution in [0.15, 0.2) is 36.8 Å². The standard InChI is InChI=1S/C20H19N5O4S/c1-28-15-4-3-12(9-16(15)29-2)19(27)25-8-5-13-17(11-25)30-20(23-13)24-18(26)14-10-21-6-7-22-14/h3-4,6-7,9-10H,5,8,11H2,1-2H3,(H,23,24,26). The topological polar surface area (TPSA) is 107 Å². The largest absolute Gasteiger partial charge is 0.493 e. The normalized spacial score (nSPS) is 12.8. The van der Waals surface area contributed by atoms with Crippen LogP contribution in [0.25, 0.3) is 0 Å². The molecule has 0 atom stereocenters. The van der Waals surface area contributed by atoms with Crippen molar-refractivity contribution in [1.82, 2.24) is 19.9 Å². The van der Waals surface area contributed by atoms with Crippen molar-refractivity contribution in [3.63, 3.8) is 0 Å². The molecule has 0 unspecified atom stereocenters. The fourth-order valence-corrected chi connectivity index (χ4v) is 4.17. The number of aromatic nitrogens is 3. The van der Waals surface area contributed by atoms with Gasteiger partial charge in [0.15, 0.2) is 16.6 Å².